The van der Waals surface area contributed by atoms with Crippen LogP contribution in [0.1, 0.15) is 64.4 Å². The maximum Gasteiger partial charge on any atom is 0.673 e. The molecule has 2 heterocycles. The quantitative estimate of drug-likeness (QED) is 0.0808. The van der Waals surface area contributed by atoms with Crippen molar-refractivity contribution in [2.45, 2.75) is 65.3 Å². The van der Waals surface area contributed by atoms with Gasteiger partial charge in [-0.05, 0) is 67.2 Å². The van der Waals surface area contributed by atoms with E-state index < -0.39 is 7.25 Å². The third-order valence-corrected chi connectivity index (χ3v) is 10.6. The van der Waals surface area contributed by atoms with Gasteiger partial charge in [-0.1, -0.05) is 104 Å². The Balaban J connectivity index is 0.000000808. The van der Waals surface area contributed by atoms with E-state index in [0.717, 1.165) is 83.9 Å². The van der Waals surface area contributed by atoms with E-state index in [1.807, 2.05) is 12.1 Å². The second-order valence-corrected chi connectivity index (χ2v) is 13.9. The average molecular weight is 740 g/mol. The zero-order chi connectivity index (χ0) is 35.6. The third kappa shape index (κ3) is 7.42. The molecular weight excluding hydrogens is 702 g/mol. The highest BCUT2D eigenvalue weighted by molar-refractivity contribution is 6.50. The fourth-order valence-electron chi connectivity index (χ4n) is 7.17. The lowest BCUT2D eigenvalue weighted by molar-refractivity contribution is -0.436. The standard InChI is InChI=1S/C40H38Cl3N2.BF4/c1-3-5-24-44-34(30-14-8-12-28-32(41)18-22-36(44)38(28)30)20-16-26-10-7-11-27(40(26)43)17-21-35-31-15-9-13-29-33(42)19-23-37(39(29)31)45(35)25-6-4-2;2-1(3,4)5/h8-9,12-23H,3-7,10-11,24-25H2,1-2H3;/q+1;-1. The number of aryl methyl sites for hydroxylation is 1. The maximum absolute atomic E-state index is 9.75. The van der Waals surface area contributed by atoms with E-state index in [1.54, 1.807) is 0 Å². The van der Waals surface area contributed by atoms with Crippen molar-refractivity contribution in [1.82, 2.24) is 4.57 Å². The molecule has 1 aliphatic heterocycles. The number of unbranched alkanes of at least 4 members (excludes halogenated alkanes) is 2. The van der Waals surface area contributed by atoms with Gasteiger partial charge in [0.05, 0.1) is 10.9 Å². The van der Waals surface area contributed by atoms with Crippen molar-refractivity contribution in [2.75, 3.05) is 6.54 Å². The molecule has 0 bridgehead atoms. The molecule has 1 aromatic heterocycles. The molecule has 1 aliphatic carbocycles. The van der Waals surface area contributed by atoms with Gasteiger partial charge in [0.25, 0.3) is 0 Å². The van der Waals surface area contributed by atoms with Gasteiger partial charge in [0.2, 0.25) is 11.4 Å². The van der Waals surface area contributed by atoms with Gasteiger partial charge in [0.1, 0.15) is 6.54 Å². The van der Waals surface area contributed by atoms with Crippen molar-refractivity contribution in [3.05, 3.63) is 116 Å². The smallest absolute Gasteiger partial charge is 0.418 e. The molecule has 0 unspecified atom stereocenters. The largest absolute Gasteiger partial charge is 0.673 e. The highest BCUT2D eigenvalue weighted by Crippen LogP contribution is 2.40. The number of nitrogens with zero attached hydrogens (tertiary/aromatic N) is 2. The van der Waals surface area contributed by atoms with Crippen molar-refractivity contribution >= 4 is 92.0 Å². The van der Waals surface area contributed by atoms with Gasteiger partial charge >= 0.3 is 7.25 Å². The Morgan fingerprint density at radius 3 is 2.14 bits per heavy atom. The lowest BCUT2D eigenvalue weighted by atomic mass is 9.93. The van der Waals surface area contributed by atoms with Gasteiger partial charge in [0, 0.05) is 72.6 Å². The Morgan fingerprint density at radius 2 is 1.42 bits per heavy atom. The molecule has 0 amide bonds. The molecule has 0 atom stereocenters. The van der Waals surface area contributed by atoms with Crippen LogP contribution in [-0.2, 0) is 6.54 Å². The number of rotatable bonds is 9. The first-order valence-corrected chi connectivity index (χ1v) is 18.4. The average Bonchev–Trinajstić information content (AvgIpc) is 3.56. The molecule has 50 heavy (non-hydrogen) atoms. The van der Waals surface area contributed by atoms with Gasteiger partial charge in [-0.15, -0.1) is 0 Å². The molecule has 10 heteroatoms. The first-order valence-electron chi connectivity index (χ1n) is 17.2. The summed E-state index contributed by atoms with van der Waals surface area (Å²) in [7, 11) is -6.00. The molecule has 260 valence electrons. The van der Waals surface area contributed by atoms with E-state index in [-0.39, 0.29) is 0 Å². The zero-order valence-electron chi connectivity index (χ0n) is 28.1. The van der Waals surface area contributed by atoms with E-state index in [9.17, 15) is 17.3 Å². The third-order valence-electron chi connectivity index (χ3n) is 9.46. The molecule has 0 fully saturated rings. The van der Waals surface area contributed by atoms with Crippen LogP contribution < -0.4 is 5.35 Å². The minimum atomic E-state index is -6.00. The molecule has 4 aromatic carbocycles. The SMILES string of the molecule is CCCCn1/c(=C\C=C2\CCCC(/C=C/C3=[N+](CCCC)c4ccc(Cl)c5cccc3c45)=C2Cl)c2cccc3c(Cl)ccc1c32.F[B-](F)(F)F. The monoisotopic (exact) mass is 738 g/mol. The minimum Gasteiger partial charge on any atom is -0.418 e. The van der Waals surface area contributed by atoms with E-state index in [1.165, 1.54) is 55.1 Å². The van der Waals surface area contributed by atoms with Gasteiger partial charge in [-0.2, -0.15) is 4.58 Å². The molecule has 0 saturated heterocycles. The van der Waals surface area contributed by atoms with Crippen LogP contribution in [0, 0.1) is 0 Å². The number of allylic oxidation sites excluding steroid dienone is 6. The normalized spacial score (nSPS) is 16.3. The van der Waals surface area contributed by atoms with Crippen molar-refractivity contribution in [3.8, 4) is 0 Å². The van der Waals surface area contributed by atoms with Crippen LogP contribution >= 0.6 is 34.8 Å². The molecule has 2 aliphatic rings. The molecule has 2 nitrogen and oxygen atoms in total. The van der Waals surface area contributed by atoms with E-state index in [0.29, 0.717) is 0 Å². The van der Waals surface area contributed by atoms with E-state index >= 15 is 0 Å². The van der Waals surface area contributed by atoms with Crippen LogP contribution in [-0.4, -0.2) is 28.7 Å². The molecule has 0 saturated carbocycles. The lowest BCUT2D eigenvalue weighted by Gasteiger charge is -2.16. The number of aromatic nitrogens is 1. The predicted octanol–water partition coefficient (Wildman–Crippen LogP) is 13.0. The summed E-state index contributed by atoms with van der Waals surface area (Å²) < 4.78 is 43.9. The summed E-state index contributed by atoms with van der Waals surface area (Å²) in [6.45, 7) is 6.44. The fraction of sp³-hybridized carbons (Fsp3) is 0.275. The molecule has 0 radical (unpaired) electrons. The van der Waals surface area contributed by atoms with Gasteiger partial charge < -0.3 is 21.8 Å². The second kappa shape index (κ2) is 15.4. The highest BCUT2D eigenvalue weighted by Gasteiger charge is 2.31. The highest BCUT2D eigenvalue weighted by atomic mass is 35.5. The van der Waals surface area contributed by atoms with Crippen molar-refractivity contribution in [3.63, 3.8) is 0 Å². The predicted molar refractivity (Wildman–Crippen MR) is 206 cm³/mol. The van der Waals surface area contributed by atoms with Gasteiger partial charge in [-0.3, -0.25) is 0 Å². The minimum absolute atomic E-state index is 0.802. The second-order valence-electron chi connectivity index (χ2n) is 12.7. The topological polar surface area (TPSA) is 7.94 Å². The van der Waals surface area contributed by atoms with Crippen molar-refractivity contribution in [1.29, 1.82) is 0 Å². The zero-order valence-corrected chi connectivity index (χ0v) is 30.3. The van der Waals surface area contributed by atoms with Crippen LogP contribution in [0.15, 0.2) is 95.1 Å². The fourth-order valence-corrected chi connectivity index (χ4v) is 7.93. The number of hydrogen-bond donors (Lipinski definition) is 0. The Morgan fingerprint density at radius 1 is 0.760 bits per heavy atom. The summed E-state index contributed by atoms with van der Waals surface area (Å²) in [5.41, 5.74) is 7.36. The van der Waals surface area contributed by atoms with E-state index in [4.69, 9.17) is 34.8 Å². The van der Waals surface area contributed by atoms with Gasteiger partial charge in [-0.25, -0.2) is 0 Å². The van der Waals surface area contributed by atoms with Crippen LogP contribution in [0.5, 0.6) is 0 Å². The van der Waals surface area contributed by atoms with Crippen LogP contribution in [0.25, 0.3) is 38.5 Å². The van der Waals surface area contributed by atoms with Crippen LogP contribution in [0.2, 0.25) is 10.0 Å². The summed E-state index contributed by atoms with van der Waals surface area (Å²) in [6.07, 6.45) is 16.6. The van der Waals surface area contributed by atoms with Crippen LogP contribution in [0.3, 0.4) is 0 Å². The molecule has 7 rings (SSSR count). The number of hydrogen-bond acceptors (Lipinski definition) is 0. The molecular formula is C40H38BCl3F4N2. The molecule has 5 aromatic rings. The molecule has 0 spiro atoms. The molecule has 0 N–H and O–H groups in total. The van der Waals surface area contributed by atoms with Crippen LogP contribution in [0.4, 0.5) is 23.0 Å². The number of benzene rings is 4. The van der Waals surface area contributed by atoms with Crippen molar-refractivity contribution < 1.29 is 21.8 Å². The Bertz CT molecular complexity index is 2260. The Hall–Kier alpha value is -3.52. The Labute approximate surface area is 305 Å². The summed E-state index contributed by atoms with van der Waals surface area (Å²) in [5.74, 6) is 0. The maximum atomic E-state index is 9.75. The summed E-state index contributed by atoms with van der Waals surface area (Å²) in [5, 5.41) is 9.68. The first kappa shape index (κ1) is 36.3. The van der Waals surface area contributed by atoms with Gasteiger partial charge in [0.15, 0.2) is 0 Å². The first-order chi connectivity index (χ1) is 24.0. The summed E-state index contributed by atoms with van der Waals surface area (Å²) in [4.78, 5) is 0. The summed E-state index contributed by atoms with van der Waals surface area (Å²) >= 11 is 20.5. The lowest BCUT2D eigenvalue weighted by Crippen LogP contribution is -2.16. The summed E-state index contributed by atoms with van der Waals surface area (Å²) in [6, 6.07) is 21.3. The van der Waals surface area contributed by atoms with E-state index in [2.05, 4.69) is 95.8 Å². The van der Waals surface area contributed by atoms with Crippen molar-refractivity contribution in [2.24, 2.45) is 0 Å². The Kier molecular flexibility index (Phi) is 11.2. The number of halogens is 7.